The predicted octanol–water partition coefficient (Wildman–Crippen LogP) is 3.72. The molecule has 0 saturated carbocycles. The Morgan fingerprint density at radius 3 is 2.63 bits per heavy atom. The quantitative estimate of drug-likeness (QED) is 0.653. The van der Waals surface area contributed by atoms with E-state index in [9.17, 15) is 4.79 Å². The van der Waals surface area contributed by atoms with Crippen molar-refractivity contribution in [3.8, 4) is 23.0 Å². The van der Waals surface area contributed by atoms with Crippen molar-refractivity contribution in [3.63, 3.8) is 0 Å². The maximum absolute atomic E-state index is 12.1. The van der Waals surface area contributed by atoms with Gasteiger partial charge in [-0.15, -0.1) is 10.2 Å². The second-order valence-electron chi connectivity index (χ2n) is 5.81. The number of amides is 1. The summed E-state index contributed by atoms with van der Waals surface area (Å²) in [6, 6.07) is 14.3. The van der Waals surface area contributed by atoms with E-state index in [1.54, 1.807) is 31.4 Å². The minimum atomic E-state index is -0.273. The highest BCUT2D eigenvalue weighted by Crippen LogP contribution is 2.24. The fourth-order valence-corrected chi connectivity index (χ4v) is 2.46. The number of ether oxygens (including phenoxy) is 2. The number of hydrogen-bond donors (Lipinski definition) is 1. The molecule has 0 bridgehead atoms. The lowest BCUT2D eigenvalue weighted by Gasteiger charge is -2.10. The molecule has 1 amide bonds. The molecule has 3 aromatic rings. The molecule has 7 nitrogen and oxygen atoms in total. The number of para-hydroxylation sites is 2. The van der Waals surface area contributed by atoms with Gasteiger partial charge in [-0.05, 0) is 42.8 Å². The molecule has 1 aromatic heterocycles. The summed E-state index contributed by atoms with van der Waals surface area (Å²) in [5, 5.41) is 10.8. The zero-order valence-corrected chi connectivity index (χ0v) is 15.3. The predicted molar refractivity (Wildman–Crippen MR) is 101 cm³/mol. The van der Waals surface area contributed by atoms with Crippen molar-refractivity contribution in [2.75, 3.05) is 19.0 Å². The number of aryl methyl sites for hydroxylation is 1. The summed E-state index contributed by atoms with van der Waals surface area (Å²) >= 11 is 0. The average Bonchev–Trinajstić information content (AvgIpc) is 3.16. The Labute approximate surface area is 157 Å². The number of nitrogens with zero attached hydrogens (tertiary/aromatic N) is 2. The molecule has 3 rings (SSSR count). The summed E-state index contributed by atoms with van der Waals surface area (Å²) in [7, 11) is 1.55. The van der Waals surface area contributed by atoms with Gasteiger partial charge in [-0.25, -0.2) is 0 Å². The van der Waals surface area contributed by atoms with E-state index in [2.05, 4.69) is 22.4 Å². The molecule has 1 heterocycles. The van der Waals surface area contributed by atoms with Gasteiger partial charge in [0, 0.05) is 12.0 Å². The molecule has 0 aliphatic rings. The lowest BCUT2D eigenvalue weighted by molar-refractivity contribution is -0.118. The van der Waals surface area contributed by atoms with Gasteiger partial charge >= 0.3 is 0 Å². The van der Waals surface area contributed by atoms with Crippen LogP contribution in [0, 0.1) is 0 Å². The summed E-state index contributed by atoms with van der Waals surface area (Å²) in [4.78, 5) is 12.1. The molecular weight excluding hydrogens is 346 g/mol. The van der Waals surface area contributed by atoms with E-state index >= 15 is 0 Å². The van der Waals surface area contributed by atoms with Gasteiger partial charge in [0.2, 0.25) is 11.8 Å². The third kappa shape index (κ3) is 4.84. The van der Waals surface area contributed by atoms with Crippen molar-refractivity contribution in [2.24, 2.45) is 0 Å². The van der Waals surface area contributed by atoms with Crippen molar-refractivity contribution in [1.82, 2.24) is 10.2 Å². The lowest BCUT2D eigenvalue weighted by atomic mass is 10.2. The van der Waals surface area contributed by atoms with E-state index in [0.717, 1.165) is 18.4 Å². The van der Waals surface area contributed by atoms with Crippen LogP contribution in [-0.2, 0) is 11.2 Å². The van der Waals surface area contributed by atoms with Gasteiger partial charge in [0.1, 0.15) is 11.5 Å². The molecule has 0 unspecified atom stereocenters. The maximum atomic E-state index is 12.1. The SMILES string of the molecule is CCCc1nnc(-c2ccc(OCC(=O)Nc3ccccc3OC)cc2)o1. The number of nitrogens with one attached hydrogen (secondary N) is 1. The van der Waals surface area contributed by atoms with Crippen LogP contribution < -0.4 is 14.8 Å². The first-order valence-electron chi connectivity index (χ1n) is 8.68. The number of rotatable bonds is 8. The van der Waals surface area contributed by atoms with Crippen molar-refractivity contribution >= 4 is 11.6 Å². The smallest absolute Gasteiger partial charge is 0.262 e. The van der Waals surface area contributed by atoms with Gasteiger partial charge in [-0.3, -0.25) is 4.79 Å². The second-order valence-corrected chi connectivity index (χ2v) is 5.81. The van der Waals surface area contributed by atoms with Crippen molar-refractivity contribution in [2.45, 2.75) is 19.8 Å². The lowest BCUT2D eigenvalue weighted by Crippen LogP contribution is -2.20. The first kappa shape index (κ1) is 18.4. The van der Waals surface area contributed by atoms with Gasteiger partial charge in [0.05, 0.1) is 12.8 Å². The minimum Gasteiger partial charge on any atom is -0.495 e. The number of methoxy groups -OCH3 is 1. The van der Waals surface area contributed by atoms with E-state index in [1.165, 1.54) is 0 Å². The molecule has 27 heavy (non-hydrogen) atoms. The Kier molecular flexibility index (Phi) is 6.04. The van der Waals surface area contributed by atoms with Gasteiger partial charge in [0.25, 0.3) is 5.91 Å². The first-order chi connectivity index (χ1) is 13.2. The summed E-state index contributed by atoms with van der Waals surface area (Å²) in [5.41, 5.74) is 1.40. The Bertz CT molecular complexity index is 890. The van der Waals surface area contributed by atoms with Gasteiger partial charge in [-0.2, -0.15) is 0 Å². The number of aromatic nitrogens is 2. The number of hydrogen-bond acceptors (Lipinski definition) is 6. The summed E-state index contributed by atoms with van der Waals surface area (Å²) in [5.74, 6) is 1.99. The Morgan fingerprint density at radius 1 is 1.11 bits per heavy atom. The fourth-order valence-electron chi connectivity index (χ4n) is 2.46. The first-order valence-corrected chi connectivity index (χ1v) is 8.68. The molecule has 2 aromatic carbocycles. The molecule has 7 heteroatoms. The normalized spacial score (nSPS) is 10.4. The Morgan fingerprint density at radius 2 is 1.89 bits per heavy atom. The van der Waals surface area contributed by atoms with Crippen LogP contribution in [0.2, 0.25) is 0 Å². The second kappa shape index (κ2) is 8.84. The van der Waals surface area contributed by atoms with Crippen LogP contribution in [0.15, 0.2) is 52.9 Å². The van der Waals surface area contributed by atoms with E-state index in [-0.39, 0.29) is 12.5 Å². The molecule has 0 radical (unpaired) electrons. The summed E-state index contributed by atoms with van der Waals surface area (Å²) < 4.78 is 16.3. The van der Waals surface area contributed by atoms with Gasteiger partial charge in [-0.1, -0.05) is 19.1 Å². The molecular formula is C20H21N3O4. The Balaban J connectivity index is 1.55. The monoisotopic (exact) mass is 367 g/mol. The molecule has 0 atom stereocenters. The highest BCUT2D eigenvalue weighted by Gasteiger charge is 2.10. The maximum Gasteiger partial charge on any atom is 0.262 e. The zero-order chi connectivity index (χ0) is 19.1. The van der Waals surface area contributed by atoms with Crippen LogP contribution >= 0.6 is 0 Å². The molecule has 0 fully saturated rings. The van der Waals surface area contributed by atoms with Gasteiger partial charge < -0.3 is 19.2 Å². The van der Waals surface area contributed by atoms with E-state index < -0.39 is 0 Å². The van der Waals surface area contributed by atoms with Crippen LogP contribution in [0.5, 0.6) is 11.5 Å². The third-order valence-electron chi connectivity index (χ3n) is 3.78. The number of benzene rings is 2. The zero-order valence-electron chi connectivity index (χ0n) is 15.3. The van der Waals surface area contributed by atoms with E-state index in [1.807, 2.05) is 24.3 Å². The van der Waals surface area contributed by atoms with Crippen LogP contribution in [0.1, 0.15) is 19.2 Å². The third-order valence-corrected chi connectivity index (χ3v) is 3.78. The molecule has 0 saturated heterocycles. The van der Waals surface area contributed by atoms with Gasteiger partial charge in [0.15, 0.2) is 6.61 Å². The van der Waals surface area contributed by atoms with Crippen LogP contribution in [0.25, 0.3) is 11.5 Å². The van der Waals surface area contributed by atoms with Crippen LogP contribution in [0.3, 0.4) is 0 Å². The standard InChI is InChI=1S/C20H21N3O4/c1-3-6-19-22-23-20(27-19)14-9-11-15(12-10-14)26-13-18(24)21-16-7-4-5-8-17(16)25-2/h4-5,7-12H,3,6,13H2,1-2H3,(H,21,24). The number of carbonyl (C=O) groups excluding carboxylic acids is 1. The summed E-state index contributed by atoms with van der Waals surface area (Å²) in [6.45, 7) is 1.94. The Hall–Kier alpha value is -3.35. The van der Waals surface area contributed by atoms with E-state index in [4.69, 9.17) is 13.9 Å². The van der Waals surface area contributed by atoms with Crippen molar-refractivity contribution in [3.05, 3.63) is 54.4 Å². The fraction of sp³-hybridized carbons (Fsp3) is 0.250. The van der Waals surface area contributed by atoms with Crippen molar-refractivity contribution < 1.29 is 18.7 Å². The highest BCUT2D eigenvalue weighted by molar-refractivity contribution is 5.93. The van der Waals surface area contributed by atoms with Crippen LogP contribution in [-0.4, -0.2) is 29.8 Å². The summed E-state index contributed by atoms with van der Waals surface area (Å²) in [6.07, 6.45) is 1.71. The molecule has 1 N–H and O–H groups in total. The number of carbonyl (C=O) groups is 1. The topological polar surface area (TPSA) is 86.5 Å². The van der Waals surface area contributed by atoms with Crippen molar-refractivity contribution in [1.29, 1.82) is 0 Å². The van der Waals surface area contributed by atoms with Crippen LogP contribution in [0.4, 0.5) is 5.69 Å². The molecule has 0 spiro atoms. The number of anilines is 1. The molecule has 0 aliphatic heterocycles. The molecule has 0 aliphatic carbocycles. The molecule has 140 valence electrons. The largest absolute Gasteiger partial charge is 0.495 e. The minimum absolute atomic E-state index is 0.112. The average molecular weight is 367 g/mol. The van der Waals surface area contributed by atoms with E-state index in [0.29, 0.717) is 29.0 Å². The highest BCUT2D eigenvalue weighted by atomic mass is 16.5.